The van der Waals surface area contributed by atoms with Crippen molar-refractivity contribution < 1.29 is 4.79 Å². The van der Waals surface area contributed by atoms with Crippen molar-refractivity contribution in [3.63, 3.8) is 0 Å². The summed E-state index contributed by atoms with van der Waals surface area (Å²) in [7, 11) is 0. The molecule has 0 aliphatic carbocycles. The van der Waals surface area contributed by atoms with Crippen LogP contribution in [0.3, 0.4) is 0 Å². The third-order valence-electron chi connectivity index (χ3n) is 4.18. The Morgan fingerprint density at radius 1 is 1.18 bits per heavy atom. The van der Waals surface area contributed by atoms with Gasteiger partial charge in [0, 0.05) is 49.2 Å². The molecule has 0 atom stereocenters. The Kier molecular flexibility index (Phi) is 7.00. The first kappa shape index (κ1) is 17.6. The lowest BCUT2D eigenvalue weighted by atomic mass is 10.1. The lowest BCUT2D eigenvalue weighted by molar-refractivity contribution is -0.133. The Morgan fingerprint density at radius 3 is 2.55 bits per heavy atom. The fourth-order valence-electron chi connectivity index (χ4n) is 2.71. The summed E-state index contributed by atoms with van der Waals surface area (Å²) in [5.41, 5.74) is 1.13. The Morgan fingerprint density at radius 2 is 1.91 bits per heavy atom. The zero-order valence-corrected chi connectivity index (χ0v) is 14.7. The summed E-state index contributed by atoms with van der Waals surface area (Å²) in [6.45, 7) is 6.67. The van der Waals surface area contributed by atoms with Gasteiger partial charge < -0.3 is 4.90 Å². The number of unbranched alkanes of at least 4 members (excludes halogenated alkanes) is 1. The predicted molar refractivity (Wildman–Crippen MR) is 92.7 cm³/mol. The maximum Gasteiger partial charge on any atom is 0.222 e. The first-order valence-corrected chi connectivity index (χ1v) is 8.80. The molecule has 1 aromatic carbocycles. The average molecular weight is 343 g/mol. The van der Waals surface area contributed by atoms with Crippen molar-refractivity contribution in [2.75, 3.05) is 32.7 Å². The number of hydrogen-bond donors (Lipinski definition) is 0. The first-order valence-electron chi connectivity index (χ1n) is 8.04. The number of nitrogens with zero attached hydrogens (tertiary/aromatic N) is 2. The summed E-state index contributed by atoms with van der Waals surface area (Å²) in [4.78, 5) is 16.4. The van der Waals surface area contributed by atoms with E-state index in [-0.39, 0.29) is 0 Å². The highest BCUT2D eigenvalue weighted by Gasteiger charge is 2.20. The van der Waals surface area contributed by atoms with Crippen LogP contribution in [0, 0.1) is 0 Å². The van der Waals surface area contributed by atoms with Gasteiger partial charge in [-0.25, -0.2) is 0 Å². The lowest BCUT2D eigenvalue weighted by Gasteiger charge is -2.34. The van der Waals surface area contributed by atoms with Gasteiger partial charge >= 0.3 is 0 Å². The topological polar surface area (TPSA) is 23.6 Å². The molecule has 1 saturated heterocycles. The number of rotatable bonds is 6. The van der Waals surface area contributed by atoms with Crippen molar-refractivity contribution in [1.82, 2.24) is 9.80 Å². The summed E-state index contributed by atoms with van der Waals surface area (Å²) in [6.07, 6.45) is 3.68. The normalized spacial score (nSPS) is 16.0. The van der Waals surface area contributed by atoms with Gasteiger partial charge in [-0.2, -0.15) is 0 Å². The third kappa shape index (κ3) is 5.15. The number of hydrogen-bond acceptors (Lipinski definition) is 2. The average Bonchev–Trinajstić information content (AvgIpc) is 2.52. The van der Waals surface area contributed by atoms with Crippen LogP contribution in [-0.2, 0) is 11.2 Å². The zero-order valence-electron chi connectivity index (χ0n) is 13.2. The molecule has 1 aliphatic rings. The fourth-order valence-corrected chi connectivity index (χ4v) is 3.21. The minimum atomic E-state index is 0.308. The maximum absolute atomic E-state index is 12.0. The molecule has 2 rings (SSSR count). The van der Waals surface area contributed by atoms with Crippen LogP contribution in [0.25, 0.3) is 0 Å². The minimum absolute atomic E-state index is 0.308. The smallest absolute Gasteiger partial charge is 0.222 e. The number of piperazine rings is 1. The van der Waals surface area contributed by atoms with Crippen molar-refractivity contribution in [2.24, 2.45) is 0 Å². The van der Waals surface area contributed by atoms with Crippen LogP contribution in [0.4, 0.5) is 0 Å². The molecule has 0 saturated carbocycles. The Labute approximate surface area is 143 Å². The molecular formula is C17H24Cl2N2O. The second-order valence-electron chi connectivity index (χ2n) is 5.81. The summed E-state index contributed by atoms with van der Waals surface area (Å²) < 4.78 is 0. The van der Waals surface area contributed by atoms with E-state index in [1.165, 1.54) is 0 Å². The summed E-state index contributed by atoms with van der Waals surface area (Å²) >= 11 is 12.1. The Bertz CT molecular complexity index is 499. The van der Waals surface area contributed by atoms with Gasteiger partial charge in [-0.15, -0.1) is 0 Å². The van der Waals surface area contributed by atoms with E-state index >= 15 is 0 Å². The highest BCUT2D eigenvalue weighted by atomic mass is 35.5. The van der Waals surface area contributed by atoms with Gasteiger partial charge in [-0.3, -0.25) is 9.69 Å². The summed E-state index contributed by atoms with van der Waals surface area (Å²) in [5.74, 6) is 0.308. The number of carbonyl (C=O) groups is 1. The maximum atomic E-state index is 12.0. The van der Waals surface area contributed by atoms with Crippen molar-refractivity contribution in [2.45, 2.75) is 32.6 Å². The molecule has 3 nitrogen and oxygen atoms in total. The van der Waals surface area contributed by atoms with E-state index in [0.29, 0.717) is 17.4 Å². The van der Waals surface area contributed by atoms with Crippen molar-refractivity contribution in [1.29, 1.82) is 0 Å². The van der Waals surface area contributed by atoms with E-state index < -0.39 is 0 Å². The molecule has 1 heterocycles. The van der Waals surface area contributed by atoms with Gasteiger partial charge in [0.05, 0.1) is 0 Å². The summed E-state index contributed by atoms with van der Waals surface area (Å²) in [6, 6.07) is 5.67. The van der Waals surface area contributed by atoms with Crippen LogP contribution < -0.4 is 0 Å². The standard InChI is InChI=1S/C17H24Cl2N2O/c1-2-3-4-17(22)21-11-9-20(10-12-21)8-7-14-5-6-15(18)13-16(14)19/h5-6,13H,2-4,7-12H2,1H3. The van der Waals surface area contributed by atoms with Crippen LogP contribution in [0.1, 0.15) is 31.7 Å². The van der Waals surface area contributed by atoms with Crippen LogP contribution in [0.5, 0.6) is 0 Å². The Hall–Kier alpha value is -0.770. The van der Waals surface area contributed by atoms with Crippen LogP contribution in [0.2, 0.25) is 10.0 Å². The third-order valence-corrected chi connectivity index (χ3v) is 4.77. The molecule has 0 spiro atoms. The van der Waals surface area contributed by atoms with E-state index in [0.717, 1.165) is 62.6 Å². The van der Waals surface area contributed by atoms with E-state index in [2.05, 4.69) is 11.8 Å². The molecule has 0 unspecified atom stereocenters. The highest BCUT2D eigenvalue weighted by molar-refractivity contribution is 6.35. The molecule has 0 radical (unpaired) electrons. The SMILES string of the molecule is CCCCC(=O)N1CCN(CCc2ccc(Cl)cc2Cl)CC1. The molecule has 5 heteroatoms. The van der Waals surface area contributed by atoms with Gasteiger partial charge in [-0.05, 0) is 30.5 Å². The lowest BCUT2D eigenvalue weighted by Crippen LogP contribution is -2.49. The molecule has 122 valence electrons. The molecule has 1 fully saturated rings. The molecule has 0 aromatic heterocycles. The van der Waals surface area contributed by atoms with Crippen molar-refractivity contribution >= 4 is 29.1 Å². The number of carbonyl (C=O) groups excluding carboxylic acids is 1. The molecule has 1 aromatic rings. The molecule has 1 amide bonds. The Balaban J connectivity index is 1.74. The minimum Gasteiger partial charge on any atom is -0.340 e. The van der Waals surface area contributed by atoms with E-state index in [9.17, 15) is 4.79 Å². The number of benzene rings is 1. The quantitative estimate of drug-likeness (QED) is 0.783. The predicted octanol–water partition coefficient (Wildman–Crippen LogP) is 3.87. The molecular weight excluding hydrogens is 319 g/mol. The fraction of sp³-hybridized carbons (Fsp3) is 0.588. The number of halogens is 2. The van der Waals surface area contributed by atoms with Crippen molar-refractivity contribution in [3.8, 4) is 0 Å². The molecule has 0 N–H and O–H groups in total. The van der Waals surface area contributed by atoms with Crippen LogP contribution in [0.15, 0.2) is 18.2 Å². The number of amides is 1. The van der Waals surface area contributed by atoms with Crippen molar-refractivity contribution in [3.05, 3.63) is 33.8 Å². The van der Waals surface area contributed by atoms with Crippen LogP contribution >= 0.6 is 23.2 Å². The largest absolute Gasteiger partial charge is 0.340 e. The van der Waals surface area contributed by atoms with E-state index in [1.54, 1.807) is 6.07 Å². The van der Waals surface area contributed by atoms with Gasteiger partial charge in [0.15, 0.2) is 0 Å². The van der Waals surface area contributed by atoms with Gasteiger partial charge in [0.2, 0.25) is 5.91 Å². The monoisotopic (exact) mass is 342 g/mol. The summed E-state index contributed by atoms with van der Waals surface area (Å²) in [5, 5.41) is 1.41. The molecule has 0 bridgehead atoms. The second kappa shape index (κ2) is 8.76. The zero-order chi connectivity index (χ0) is 15.9. The van der Waals surface area contributed by atoms with E-state index in [1.807, 2.05) is 17.0 Å². The van der Waals surface area contributed by atoms with Gasteiger partial charge in [-0.1, -0.05) is 42.6 Å². The van der Waals surface area contributed by atoms with Gasteiger partial charge in [0.1, 0.15) is 0 Å². The van der Waals surface area contributed by atoms with Gasteiger partial charge in [0.25, 0.3) is 0 Å². The van der Waals surface area contributed by atoms with Crippen LogP contribution in [-0.4, -0.2) is 48.4 Å². The first-order chi connectivity index (χ1) is 10.6. The molecule has 22 heavy (non-hydrogen) atoms. The second-order valence-corrected chi connectivity index (χ2v) is 6.66. The highest BCUT2D eigenvalue weighted by Crippen LogP contribution is 2.21. The molecule has 1 aliphatic heterocycles. The van der Waals surface area contributed by atoms with E-state index in [4.69, 9.17) is 23.2 Å².